The van der Waals surface area contributed by atoms with Crippen molar-refractivity contribution in [1.82, 2.24) is 10.3 Å². The van der Waals surface area contributed by atoms with Crippen LogP contribution < -0.4 is 10.2 Å². The highest BCUT2D eigenvalue weighted by Crippen LogP contribution is 2.22. The predicted octanol–water partition coefficient (Wildman–Crippen LogP) is 1.54. The van der Waals surface area contributed by atoms with E-state index in [0.717, 1.165) is 31.9 Å². The van der Waals surface area contributed by atoms with Crippen LogP contribution in [0, 0.1) is 0 Å². The number of hydrogen-bond acceptors (Lipinski definition) is 4. The highest BCUT2D eigenvalue weighted by Gasteiger charge is 2.21. The van der Waals surface area contributed by atoms with E-state index < -0.39 is 0 Å². The van der Waals surface area contributed by atoms with Gasteiger partial charge in [0.2, 0.25) is 0 Å². The van der Waals surface area contributed by atoms with Crippen molar-refractivity contribution in [1.29, 1.82) is 0 Å². The third-order valence-corrected chi connectivity index (χ3v) is 3.29. The average molecular weight is 249 g/mol. The van der Waals surface area contributed by atoms with Crippen molar-refractivity contribution < 1.29 is 5.11 Å². The van der Waals surface area contributed by atoms with Gasteiger partial charge in [-0.15, -0.1) is 0 Å². The Labute approximate surface area is 109 Å². The SMILES string of the molecule is CCN(CCCO)c1ncccc1CNC1CC1. The van der Waals surface area contributed by atoms with Gasteiger partial charge in [0, 0.05) is 44.0 Å². The molecule has 0 amide bonds. The van der Waals surface area contributed by atoms with Gasteiger partial charge in [0.15, 0.2) is 0 Å². The van der Waals surface area contributed by atoms with Crippen LogP contribution in [0.3, 0.4) is 0 Å². The molecule has 1 aromatic heterocycles. The molecule has 1 fully saturated rings. The van der Waals surface area contributed by atoms with Crippen molar-refractivity contribution in [2.24, 2.45) is 0 Å². The fourth-order valence-electron chi connectivity index (χ4n) is 2.07. The van der Waals surface area contributed by atoms with Gasteiger partial charge in [0.25, 0.3) is 0 Å². The van der Waals surface area contributed by atoms with Crippen molar-refractivity contribution in [2.75, 3.05) is 24.6 Å². The summed E-state index contributed by atoms with van der Waals surface area (Å²) in [6.07, 6.45) is 5.24. The van der Waals surface area contributed by atoms with Crippen LogP contribution in [0.2, 0.25) is 0 Å². The largest absolute Gasteiger partial charge is 0.396 e. The maximum absolute atomic E-state index is 8.95. The fourth-order valence-corrected chi connectivity index (χ4v) is 2.07. The highest BCUT2D eigenvalue weighted by molar-refractivity contribution is 5.46. The van der Waals surface area contributed by atoms with Gasteiger partial charge in [0.1, 0.15) is 5.82 Å². The molecule has 1 heterocycles. The number of rotatable bonds is 8. The second kappa shape index (κ2) is 6.71. The number of nitrogens with one attached hydrogen (secondary N) is 1. The molecule has 0 aromatic carbocycles. The van der Waals surface area contributed by atoms with E-state index in [1.165, 1.54) is 18.4 Å². The minimum absolute atomic E-state index is 0.235. The summed E-state index contributed by atoms with van der Waals surface area (Å²) in [5, 5.41) is 12.5. The van der Waals surface area contributed by atoms with Crippen LogP contribution in [0.1, 0.15) is 31.7 Å². The zero-order valence-electron chi connectivity index (χ0n) is 11.1. The molecule has 100 valence electrons. The number of aliphatic hydroxyl groups is 1. The lowest BCUT2D eigenvalue weighted by Gasteiger charge is -2.24. The Hall–Kier alpha value is -1.13. The van der Waals surface area contributed by atoms with Gasteiger partial charge >= 0.3 is 0 Å². The van der Waals surface area contributed by atoms with Crippen LogP contribution in [0.4, 0.5) is 5.82 Å². The number of aromatic nitrogens is 1. The van der Waals surface area contributed by atoms with Gasteiger partial charge in [-0.3, -0.25) is 0 Å². The second-order valence-corrected chi connectivity index (χ2v) is 4.80. The van der Waals surface area contributed by atoms with Gasteiger partial charge in [-0.25, -0.2) is 4.98 Å². The standard InChI is InChI=1S/C14H23N3O/c1-2-17(9-4-10-18)14-12(5-3-8-15-14)11-16-13-6-7-13/h3,5,8,13,16,18H,2,4,6-7,9-11H2,1H3. The molecule has 0 saturated heterocycles. The van der Waals surface area contributed by atoms with Crippen molar-refractivity contribution in [2.45, 2.75) is 38.8 Å². The molecule has 4 nitrogen and oxygen atoms in total. The van der Waals surface area contributed by atoms with Gasteiger partial charge < -0.3 is 15.3 Å². The van der Waals surface area contributed by atoms with E-state index in [9.17, 15) is 0 Å². The molecule has 1 aromatic rings. The summed E-state index contributed by atoms with van der Waals surface area (Å²) in [5.41, 5.74) is 1.25. The molecule has 1 saturated carbocycles. The Morgan fingerprint density at radius 1 is 1.50 bits per heavy atom. The van der Waals surface area contributed by atoms with Gasteiger partial charge in [-0.05, 0) is 32.3 Å². The Kier molecular flexibility index (Phi) is 4.96. The number of aliphatic hydroxyl groups excluding tert-OH is 1. The molecule has 1 aliphatic rings. The first-order valence-corrected chi connectivity index (χ1v) is 6.88. The molecule has 0 unspecified atom stereocenters. The first-order valence-electron chi connectivity index (χ1n) is 6.88. The van der Waals surface area contributed by atoms with E-state index in [1.807, 2.05) is 12.3 Å². The number of nitrogens with zero attached hydrogens (tertiary/aromatic N) is 2. The summed E-state index contributed by atoms with van der Waals surface area (Å²) < 4.78 is 0. The molecule has 1 aliphatic carbocycles. The van der Waals surface area contributed by atoms with Crippen LogP contribution in [-0.4, -0.2) is 35.8 Å². The number of anilines is 1. The van der Waals surface area contributed by atoms with Crippen molar-refractivity contribution in [3.8, 4) is 0 Å². The topological polar surface area (TPSA) is 48.4 Å². The average Bonchev–Trinajstić information content (AvgIpc) is 3.22. The summed E-state index contributed by atoms with van der Waals surface area (Å²) in [6.45, 7) is 5.04. The molecule has 18 heavy (non-hydrogen) atoms. The molecular weight excluding hydrogens is 226 g/mol. The third kappa shape index (κ3) is 3.68. The van der Waals surface area contributed by atoms with E-state index in [2.05, 4.69) is 28.2 Å². The van der Waals surface area contributed by atoms with E-state index in [-0.39, 0.29) is 6.61 Å². The molecule has 0 atom stereocenters. The molecule has 0 spiro atoms. The molecule has 0 aliphatic heterocycles. The zero-order valence-corrected chi connectivity index (χ0v) is 11.1. The summed E-state index contributed by atoms with van der Waals surface area (Å²) in [5.74, 6) is 1.06. The van der Waals surface area contributed by atoms with Crippen LogP contribution in [-0.2, 0) is 6.54 Å². The Morgan fingerprint density at radius 2 is 2.33 bits per heavy atom. The first kappa shape index (κ1) is 13.3. The van der Waals surface area contributed by atoms with Crippen LogP contribution >= 0.6 is 0 Å². The third-order valence-electron chi connectivity index (χ3n) is 3.29. The van der Waals surface area contributed by atoms with Crippen LogP contribution in [0.15, 0.2) is 18.3 Å². The second-order valence-electron chi connectivity index (χ2n) is 4.80. The van der Waals surface area contributed by atoms with E-state index in [1.54, 1.807) is 0 Å². The fraction of sp³-hybridized carbons (Fsp3) is 0.643. The Bertz CT molecular complexity index is 366. The summed E-state index contributed by atoms with van der Waals surface area (Å²) in [6, 6.07) is 4.85. The normalized spacial score (nSPS) is 14.8. The minimum atomic E-state index is 0.235. The first-order chi connectivity index (χ1) is 8.85. The quantitative estimate of drug-likeness (QED) is 0.734. The molecule has 4 heteroatoms. The molecule has 0 bridgehead atoms. The molecule has 2 rings (SSSR count). The van der Waals surface area contributed by atoms with Crippen LogP contribution in [0.5, 0.6) is 0 Å². The lowest BCUT2D eigenvalue weighted by Crippen LogP contribution is -2.28. The van der Waals surface area contributed by atoms with Gasteiger partial charge in [-0.1, -0.05) is 6.07 Å². The van der Waals surface area contributed by atoms with E-state index in [4.69, 9.17) is 5.11 Å². The smallest absolute Gasteiger partial charge is 0.132 e. The summed E-state index contributed by atoms with van der Waals surface area (Å²) in [7, 11) is 0. The zero-order chi connectivity index (χ0) is 12.8. The van der Waals surface area contributed by atoms with E-state index >= 15 is 0 Å². The molecule has 0 radical (unpaired) electrons. The Morgan fingerprint density at radius 3 is 3.00 bits per heavy atom. The molecular formula is C14H23N3O. The maximum atomic E-state index is 8.95. The highest BCUT2D eigenvalue weighted by atomic mass is 16.3. The minimum Gasteiger partial charge on any atom is -0.396 e. The Balaban J connectivity index is 2.02. The van der Waals surface area contributed by atoms with Crippen molar-refractivity contribution in [3.63, 3.8) is 0 Å². The lowest BCUT2D eigenvalue weighted by molar-refractivity contribution is 0.289. The van der Waals surface area contributed by atoms with Gasteiger partial charge in [0.05, 0.1) is 0 Å². The predicted molar refractivity (Wildman–Crippen MR) is 73.7 cm³/mol. The molecule has 2 N–H and O–H groups in total. The lowest BCUT2D eigenvalue weighted by atomic mass is 10.2. The van der Waals surface area contributed by atoms with Crippen molar-refractivity contribution in [3.05, 3.63) is 23.9 Å². The number of hydrogen-bond donors (Lipinski definition) is 2. The monoisotopic (exact) mass is 249 g/mol. The summed E-state index contributed by atoms with van der Waals surface area (Å²) in [4.78, 5) is 6.74. The summed E-state index contributed by atoms with van der Waals surface area (Å²) >= 11 is 0. The number of pyridine rings is 1. The van der Waals surface area contributed by atoms with E-state index in [0.29, 0.717) is 6.04 Å². The maximum Gasteiger partial charge on any atom is 0.132 e. The van der Waals surface area contributed by atoms with Crippen LogP contribution in [0.25, 0.3) is 0 Å². The van der Waals surface area contributed by atoms with Crippen molar-refractivity contribution >= 4 is 5.82 Å². The van der Waals surface area contributed by atoms with Gasteiger partial charge in [-0.2, -0.15) is 0 Å².